The minimum atomic E-state index is -0.223. The average molecular weight is 233 g/mol. The van der Waals surface area contributed by atoms with Gasteiger partial charge in [-0.2, -0.15) is 0 Å². The second-order valence-electron chi connectivity index (χ2n) is 4.03. The second-order valence-corrected chi connectivity index (χ2v) is 4.03. The number of amides is 1. The van der Waals surface area contributed by atoms with Crippen molar-refractivity contribution < 1.29 is 9.90 Å². The van der Waals surface area contributed by atoms with E-state index in [1.165, 1.54) is 0 Å². The lowest BCUT2D eigenvalue weighted by atomic mass is 10.3. The van der Waals surface area contributed by atoms with Gasteiger partial charge in [0.05, 0.1) is 18.7 Å². The summed E-state index contributed by atoms with van der Waals surface area (Å²) in [4.78, 5) is 15.9. The Morgan fingerprint density at radius 1 is 1.59 bits per heavy atom. The molecule has 0 aliphatic carbocycles. The highest BCUT2D eigenvalue weighted by Crippen LogP contribution is 2.05. The Bertz CT molecular complexity index is 488. The van der Waals surface area contributed by atoms with E-state index < -0.39 is 0 Å². The van der Waals surface area contributed by atoms with E-state index in [4.69, 9.17) is 5.11 Å². The van der Waals surface area contributed by atoms with E-state index in [1.807, 2.05) is 35.0 Å². The lowest BCUT2D eigenvalue weighted by molar-refractivity contribution is -0.121. The number of fused-ring (bicyclic) bond motifs is 1. The Morgan fingerprint density at radius 3 is 3.12 bits per heavy atom. The molecule has 17 heavy (non-hydrogen) atoms. The number of hydrogen-bond donors (Lipinski definition) is 2. The molecular formula is C12H15N3O2. The molecule has 0 aliphatic rings. The molecule has 0 bridgehead atoms. The molecule has 0 aromatic carbocycles. The smallest absolute Gasteiger partial charge is 0.226 e. The van der Waals surface area contributed by atoms with Crippen LogP contribution < -0.4 is 5.32 Å². The maximum atomic E-state index is 11.6. The molecule has 0 aliphatic heterocycles. The van der Waals surface area contributed by atoms with Crippen LogP contribution in [0.25, 0.3) is 5.65 Å². The normalized spacial score (nSPS) is 12.6. The number of carbonyl (C=O) groups excluding carboxylic acids is 1. The Balaban J connectivity index is 2.05. The molecule has 2 heterocycles. The first-order valence-corrected chi connectivity index (χ1v) is 5.52. The summed E-state index contributed by atoms with van der Waals surface area (Å²) in [5.74, 6) is -0.130. The van der Waals surface area contributed by atoms with Crippen LogP contribution in [-0.2, 0) is 11.2 Å². The fourth-order valence-electron chi connectivity index (χ4n) is 1.61. The molecule has 1 atom stereocenters. The quantitative estimate of drug-likeness (QED) is 0.802. The van der Waals surface area contributed by atoms with Crippen molar-refractivity contribution in [3.8, 4) is 0 Å². The van der Waals surface area contributed by atoms with Crippen molar-refractivity contribution in [1.82, 2.24) is 14.7 Å². The Kier molecular flexibility index (Phi) is 3.39. The van der Waals surface area contributed by atoms with E-state index in [0.717, 1.165) is 11.3 Å². The largest absolute Gasteiger partial charge is 0.394 e. The fraction of sp³-hybridized carbons (Fsp3) is 0.333. The average Bonchev–Trinajstić information content (AvgIpc) is 2.70. The van der Waals surface area contributed by atoms with Crippen LogP contribution in [0.15, 0.2) is 30.6 Å². The molecule has 90 valence electrons. The van der Waals surface area contributed by atoms with Crippen molar-refractivity contribution in [2.75, 3.05) is 6.61 Å². The number of carbonyl (C=O) groups is 1. The van der Waals surface area contributed by atoms with Crippen LogP contribution in [0.5, 0.6) is 0 Å². The number of aromatic nitrogens is 2. The lowest BCUT2D eigenvalue weighted by Gasteiger charge is -2.09. The standard InChI is InChI=1S/C12H15N3O2/c1-9(8-16)13-12(17)6-10-7-15-5-3-2-4-11(15)14-10/h2-5,7,9,16H,6,8H2,1H3,(H,13,17)/t9-/m0/s1. The third-order valence-corrected chi connectivity index (χ3v) is 2.44. The number of hydrogen-bond acceptors (Lipinski definition) is 3. The van der Waals surface area contributed by atoms with Gasteiger partial charge in [-0.3, -0.25) is 4.79 Å². The number of rotatable bonds is 4. The second kappa shape index (κ2) is 4.97. The molecule has 2 aromatic heterocycles. The maximum Gasteiger partial charge on any atom is 0.226 e. The summed E-state index contributed by atoms with van der Waals surface area (Å²) in [5.41, 5.74) is 1.55. The minimum Gasteiger partial charge on any atom is -0.394 e. The molecule has 0 unspecified atom stereocenters. The zero-order chi connectivity index (χ0) is 12.3. The van der Waals surface area contributed by atoms with Crippen LogP contribution in [0.1, 0.15) is 12.6 Å². The third-order valence-electron chi connectivity index (χ3n) is 2.44. The third kappa shape index (κ3) is 2.82. The predicted molar refractivity (Wildman–Crippen MR) is 63.6 cm³/mol. The number of nitrogens with one attached hydrogen (secondary N) is 1. The van der Waals surface area contributed by atoms with Crippen LogP contribution in [0.2, 0.25) is 0 Å². The van der Waals surface area contributed by atoms with Crippen LogP contribution in [0.4, 0.5) is 0 Å². The van der Waals surface area contributed by atoms with E-state index in [-0.39, 0.29) is 25.0 Å². The highest BCUT2D eigenvalue weighted by atomic mass is 16.3. The highest BCUT2D eigenvalue weighted by Gasteiger charge is 2.09. The maximum absolute atomic E-state index is 11.6. The van der Waals surface area contributed by atoms with Gasteiger partial charge in [-0.1, -0.05) is 6.07 Å². The number of aliphatic hydroxyl groups is 1. The Morgan fingerprint density at radius 2 is 2.41 bits per heavy atom. The monoisotopic (exact) mass is 233 g/mol. The van der Waals surface area contributed by atoms with Gasteiger partial charge in [0.1, 0.15) is 5.65 Å². The van der Waals surface area contributed by atoms with Gasteiger partial charge in [-0.15, -0.1) is 0 Å². The molecule has 5 heteroatoms. The van der Waals surface area contributed by atoms with Gasteiger partial charge < -0.3 is 14.8 Å². The summed E-state index contributed by atoms with van der Waals surface area (Å²) in [5, 5.41) is 11.5. The van der Waals surface area contributed by atoms with E-state index in [2.05, 4.69) is 10.3 Å². The number of imidazole rings is 1. The van der Waals surface area contributed by atoms with E-state index in [1.54, 1.807) is 6.92 Å². The molecule has 2 aromatic rings. The summed E-state index contributed by atoms with van der Waals surface area (Å²) < 4.78 is 1.87. The Labute approximate surface area is 99.1 Å². The van der Waals surface area contributed by atoms with Gasteiger partial charge in [0.2, 0.25) is 5.91 Å². The van der Waals surface area contributed by atoms with Crippen molar-refractivity contribution in [2.45, 2.75) is 19.4 Å². The van der Waals surface area contributed by atoms with Crippen LogP contribution in [-0.4, -0.2) is 33.0 Å². The van der Waals surface area contributed by atoms with Crippen LogP contribution in [0, 0.1) is 0 Å². The molecule has 1 amide bonds. The van der Waals surface area contributed by atoms with Crippen molar-refractivity contribution in [3.63, 3.8) is 0 Å². The number of nitrogens with zero attached hydrogens (tertiary/aromatic N) is 2. The van der Waals surface area contributed by atoms with E-state index in [0.29, 0.717) is 0 Å². The van der Waals surface area contributed by atoms with Crippen molar-refractivity contribution in [2.24, 2.45) is 0 Å². The summed E-state index contributed by atoms with van der Waals surface area (Å²) in [7, 11) is 0. The van der Waals surface area contributed by atoms with Gasteiger partial charge in [-0.05, 0) is 19.1 Å². The molecule has 0 saturated carbocycles. The predicted octanol–water partition coefficient (Wildman–Crippen LogP) is 0.374. The van der Waals surface area contributed by atoms with Gasteiger partial charge >= 0.3 is 0 Å². The molecule has 0 fully saturated rings. The van der Waals surface area contributed by atoms with Gasteiger partial charge in [0, 0.05) is 18.4 Å². The highest BCUT2D eigenvalue weighted by molar-refractivity contribution is 5.78. The van der Waals surface area contributed by atoms with E-state index >= 15 is 0 Å². The topological polar surface area (TPSA) is 66.6 Å². The van der Waals surface area contributed by atoms with Crippen LogP contribution in [0.3, 0.4) is 0 Å². The number of aliphatic hydroxyl groups excluding tert-OH is 1. The summed E-state index contributed by atoms with van der Waals surface area (Å²) in [6.45, 7) is 1.69. The van der Waals surface area contributed by atoms with Crippen molar-refractivity contribution in [3.05, 3.63) is 36.3 Å². The fourth-order valence-corrected chi connectivity index (χ4v) is 1.61. The first-order chi connectivity index (χ1) is 8.19. The first kappa shape index (κ1) is 11.6. The molecule has 2 N–H and O–H groups in total. The summed E-state index contributed by atoms with van der Waals surface area (Å²) in [6, 6.07) is 5.48. The molecule has 0 saturated heterocycles. The van der Waals surface area contributed by atoms with E-state index in [9.17, 15) is 4.79 Å². The summed E-state index contributed by atoms with van der Waals surface area (Å²) >= 11 is 0. The van der Waals surface area contributed by atoms with Gasteiger partial charge in [0.15, 0.2) is 0 Å². The van der Waals surface area contributed by atoms with Crippen LogP contribution >= 0.6 is 0 Å². The summed E-state index contributed by atoms with van der Waals surface area (Å²) in [6.07, 6.45) is 3.95. The first-order valence-electron chi connectivity index (χ1n) is 5.52. The molecular weight excluding hydrogens is 218 g/mol. The van der Waals surface area contributed by atoms with Gasteiger partial charge in [-0.25, -0.2) is 4.98 Å². The minimum absolute atomic E-state index is 0.0586. The zero-order valence-electron chi connectivity index (χ0n) is 9.63. The molecule has 0 spiro atoms. The van der Waals surface area contributed by atoms with Gasteiger partial charge in [0.25, 0.3) is 0 Å². The molecule has 5 nitrogen and oxygen atoms in total. The van der Waals surface area contributed by atoms with Crippen molar-refractivity contribution >= 4 is 11.6 Å². The lowest BCUT2D eigenvalue weighted by Crippen LogP contribution is -2.36. The number of pyridine rings is 1. The van der Waals surface area contributed by atoms with Crippen molar-refractivity contribution in [1.29, 1.82) is 0 Å². The molecule has 0 radical (unpaired) electrons. The Hall–Kier alpha value is -1.88. The molecule has 2 rings (SSSR count). The zero-order valence-corrected chi connectivity index (χ0v) is 9.63. The SMILES string of the molecule is C[C@@H](CO)NC(=O)Cc1cn2ccccc2n1.